The van der Waals surface area contributed by atoms with E-state index in [2.05, 4.69) is 16.0 Å². The molecule has 1 fully saturated rings. The second-order valence-corrected chi connectivity index (χ2v) is 4.52. The summed E-state index contributed by atoms with van der Waals surface area (Å²) in [5.74, 6) is -0.692. The Morgan fingerprint density at radius 3 is 2.58 bits per heavy atom. The van der Waals surface area contributed by atoms with Crippen LogP contribution in [0.5, 0.6) is 0 Å². The van der Waals surface area contributed by atoms with Crippen LogP contribution < -0.4 is 16.0 Å². The monoisotopic (exact) mass is 261 g/mol. The molecule has 19 heavy (non-hydrogen) atoms. The van der Waals surface area contributed by atoms with Crippen molar-refractivity contribution < 1.29 is 14.4 Å². The van der Waals surface area contributed by atoms with Gasteiger partial charge in [-0.15, -0.1) is 0 Å². The molecule has 0 aliphatic carbocycles. The summed E-state index contributed by atoms with van der Waals surface area (Å²) in [7, 11) is 0. The third-order valence-electron chi connectivity index (χ3n) is 3.09. The molecule has 0 radical (unpaired) electrons. The van der Waals surface area contributed by atoms with Crippen molar-refractivity contribution in [1.82, 2.24) is 16.0 Å². The fourth-order valence-electron chi connectivity index (χ4n) is 1.78. The molecule has 4 amide bonds. The van der Waals surface area contributed by atoms with Crippen LogP contribution in [0.25, 0.3) is 0 Å². The largest absolute Gasteiger partial charge is 0.349 e. The van der Waals surface area contributed by atoms with Crippen LogP contribution in [-0.2, 0) is 4.79 Å². The highest BCUT2D eigenvalue weighted by Crippen LogP contribution is 2.09. The Morgan fingerprint density at radius 1 is 1.26 bits per heavy atom. The summed E-state index contributed by atoms with van der Waals surface area (Å²) in [6, 6.07) is 4.15. The predicted octanol–water partition coefficient (Wildman–Crippen LogP) is 0.241. The summed E-state index contributed by atoms with van der Waals surface area (Å²) in [5.41, 5.74) is 2.67. The summed E-state index contributed by atoms with van der Waals surface area (Å²) >= 11 is 0. The van der Waals surface area contributed by atoms with Gasteiger partial charge in [0.2, 0.25) is 0 Å². The average Bonchev–Trinajstić information content (AvgIpc) is 2.68. The van der Waals surface area contributed by atoms with Gasteiger partial charge in [0.05, 0.1) is 0 Å². The van der Waals surface area contributed by atoms with Gasteiger partial charge >= 0.3 is 6.03 Å². The van der Waals surface area contributed by atoms with Crippen LogP contribution in [0.15, 0.2) is 18.2 Å². The Morgan fingerprint density at radius 2 is 2.00 bits per heavy atom. The first-order valence-corrected chi connectivity index (χ1v) is 5.94. The maximum Gasteiger partial charge on any atom is 0.322 e. The number of carbonyl (C=O) groups is 3. The summed E-state index contributed by atoms with van der Waals surface area (Å²) in [5, 5.41) is 7.15. The molecule has 0 saturated carbocycles. The van der Waals surface area contributed by atoms with E-state index < -0.39 is 18.0 Å². The van der Waals surface area contributed by atoms with Crippen molar-refractivity contribution in [3.8, 4) is 0 Å². The van der Waals surface area contributed by atoms with Crippen LogP contribution in [0.2, 0.25) is 0 Å². The highest BCUT2D eigenvalue weighted by molar-refractivity contribution is 6.04. The Hall–Kier alpha value is -2.37. The van der Waals surface area contributed by atoms with E-state index in [1.54, 1.807) is 12.1 Å². The first-order valence-electron chi connectivity index (χ1n) is 5.94. The van der Waals surface area contributed by atoms with Crippen LogP contribution in [-0.4, -0.2) is 30.4 Å². The lowest BCUT2D eigenvalue weighted by Gasteiger charge is -2.10. The van der Waals surface area contributed by atoms with Gasteiger partial charge in [-0.05, 0) is 37.1 Å². The number of urea groups is 1. The van der Waals surface area contributed by atoms with Gasteiger partial charge in [0.1, 0.15) is 6.04 Å². The van der Waals surface area contributed by atoms with E-state index in [0.717, 1.165) is 11.1 Å². The molecule has 1 aromatic carbocycles. The second kappa shape index (κ2) is 5.09. The molecule has 0 bridgehead atoms. The van der Waals surface area contributed by atoms with Gasteiger partial charge in [-0.3, -0.25) is 14.9 Å². The quantitative estimate of drug-likeness (QED) is 0.681. The minimum atomic E-state index is -0.706. The van der Waals surface area contributed by atoms with Crippen LogP contribution in [0.4, 0.5) is 4.79 Å². The summed E-state index contributed by atoms with van der Waals surface area (Å²) in [6.07, 6.45) is 0. The van der Waals surface area contributed by atoms with E-state index in [9.17, 15) is 14.4 Å². The molecular formula is C13H15N3O3. The molecule has 6 heteroatoms. The fraction of sp³-hybridized carbons (Fsp3) is 0.308. The normalized spacial score (nSPS) is 17.9. The highest BCUT2D eigenvalue weighted by Gasteiger charge is 2.29. The zero-order valence-corrected chi connectivity index (χ0v) is 10.7. The molecule has 1 heterocycles. The maximum atomic E-state index is 11.9. The van der Waals surface area contributed by atoms with E-state index in [4.69, 9.17) is 0 Å². The first kappa shape index (κ1) is 13.1. The molecule has 1 unspecified atom stereocenters. The highest BCUT2D eigenvalue weighted by atomic mass is 16.2. The summed E-state index contributed by atoms with van der Waals surface area (Å²) in [4.78, 5) is 34.1. The second-order valence-electron chi connectivity index (χ2n) is 4.52. The van der Waals surface area contributed by atoms with Crippen molar-refractivity contribution in [3.63, 3.8) is 0 Å². The molecule has 1 saturated heterocycles. The number of hydrogen-bond acceptors (Lipinski definition) is 3. The number of carbonyl (C=O) groups excluding carboxylic acids is 3. The van der Waals surface area contributed by atoms with Crippen molar-refractivity contribution in [2.24, 2.45) is 0 Å². The van der Waals surface area contributed by atoms with Gasteiger partial charge in [0.15, 0.2) is 0 Å². The Labute approximate surface area is 110 Å². The Kier molecular flexibility index (Phi) is 3.50. The Bertz CT molecular complexity index is 554. The van der Waals surface area contributed by atoms with Crippen LogP contribution in [0.1, 0.15) is 21.5 Å². The van der Waals surface area contributed by atoms with Gasteiger partial charge in [-0.2, -0.15) is 0 Å². The lowest BCUT2D eigenvalue weighted by atomic mass is 10.1. The van der Waals surface area contributed by atoms with E-state index in [1.807, 2.05) is 19.9 Å². The smallest absolute Gasteiger partial charge is 0.322 e. The van der Waals surface area contributed by atoms with E-state index in [-0.39, 0.29) is 12.5 Å². The number of imide groups is 1. The lowest BCUT2D eigenvalue weighted by Crippen LogP contribution is -2.41. The van der Waals surface area contributed by atoms with Gasteiger partial charge in [0, 0.05) is 12.1 Å². The molecule has 1 aromatic rings. The minimum absolute atomic E-state index is 0.0727. The number of nitrogens with one attached hydrogen (secondary N) is 3. The summed E-state index contributed by atoms with van der Waals surface area (Å²) in [6.45, 7) is 3.97. The SMILES string of the molecule is Cc1ccc(C(=O)NCC2NC(=O)NC2=O)cc1C. The zero-order chi connectivity index (χ0) is 14.0. The fourth-order valence-corrected chi connectivity index (χ4v) is 1.78. The topological polar surface area (TPSA) is 87.3 Å². The molecule has 0 aromatic heterocycles. The third kappa shape index (κ3) is 2.90. The van der Waals surface area contributed by atoms with Gasteiger partial charge in [-0.25, -0.2) is 4.79 Å². The molecule has 1 aliphatic rings. The van der Waals surface area contributed by atoms with E-state index in [0.29, 0.717) is 5.56 Å². The summed E-state index contributed by atoms with van der Waals surface area (Å²) < 4.78 is 0. The van der Waals surface area contributed by atoms with Gasteiger partial charge in [-0.1, -0.05) is 6.07 Å². The molecular weight excluding hydrogens is 246 g/mol. The van der Waals surface area contributed by atoms with E-state index in [1.165, 1.54) is 0 Å². The van der Waals surface area contributed by atoms with Crippen molar-refractivity contribution in [2.45, 2.75) is 19.9 Å². The van der Waals surface area contributed by atoms with Crippen molar-refractivity contribution in [2.75, 3.05) is 6.54 Å². The van der Waals surface area contributed by atoms with Crippen molar-refractivity contribution in [3.05, 3.63) is 34.9 Å². The van der Waals surface area contributed by atoms with Crippen LogP contribution in [0, 0.1) is 13.8 Å². The Balaban J connectivity index is 1.96. The lowest BCUT2D eigenvalue weighted by molar-refractivity contribution is -0.120. The average molecular weight is 261 g/mol. The molecule has 0 spiro atoms. The van der Waals surface area contributed by atoms with Crippen molar-refractivity contribution >= 4 is 17.8 Å². The molecule has 6 nitrogen and oxygen atoms in total. The molecule has 1 atom stereocenters. The molecule has 2 rings (SSSR count). The first-order chi connectivity index (χ1) is 8.97. The van der Waals surface area contributed by atoms with Gasteiger partial charge in [0.25, 0.3) is 11.8 Å². The maximum absolute atomic E-state index is 11.9. The molecule has 3 N–H and O–H groups in total. The van der Waals surface area contributed by atoms with Crippen molar-refractivity contribution in [1.29, 1.82) is 0 Å². The minimum Gasteiger partial charge on any atom is -0.349 e. The molecule has 1 aliphatic heterocycles. The molecule has 100 valence electrons. The van der Waals surface area contributed by atoms with Crippen LogP contribution >= 0.6 is 0 Å². The number of amides is 4. The zero-order valence-electron chi connectivity index (χ0n) is 10.7. The number of hydrogen-bond donors (Lipinski definition) is 3. The van der Waals surface area contributed by atoms with Gasteiger partial charge < -0.3 is 10.6 Å². The number of aryl methyl sites for hydroxylation is 2. The third-order valence-corrected chi connectivity index (χ3v) is 3.09. The van der Waals surface area contributed by atoms with E-state index >= 15 is 0 Å². The number of rotatable bonds is 3. The predicted molar refractivity (Wildman–Crippen MR) is 68.7 cm³/mol. The standard InChI is InChI=1S/C13H15N3O3/c1-7-3-4-9(5-8(7)2)11(17)14-6-10-12(18)16-13(19)15-10/h3-5,10H,6H2,1-2H3,(H,14,17)(H2,15,16,18,19). The number of benzene rings is 1. The van der Waals surface area contributed by atoms with Crippen LogP contribution in [0.3, 0.4) is 0 Å².